The summed E-state index contributed by atoms with van der Waals surface area (Å²) in [6, 6.07) is 17.6. The van der Waals surface area contributed by atoms with Crippen LogP contribution in [0.5, 0.6) is 0 Å². The van der Waals surface area contributed by atoms with Gasteiger partial charge in [-0.05, 0) is 53.5 Å². The number of thioether (sulfide) groups is 1. The molecule has 0 saturated heterocycles. The predicted octanol–water partition coefficient (Wildman–Crippen LogP) is 5.81. The van der Waals surface area contributed by atoms with Crippen LogP contribution in [-0.2, 0) is 0 Å². The summed E-state index contributed by atoms with van der Waals surface area (Å²) in [5.41, 5.74) is 5.22. The van der Waals surface area contributed by atoms with Gasteiger partial charge < -0.3 is 0 Å². The zero-order valence-electron chi connectivity index (χ0n) is 11.7. The van der Waals surface area contributed by atoms with Crippen LogP contribution < -0.4 is 0 Å². The van der Waals surface area contributed by atoms with Crippen molar-refractivity contribution < 1.29 is 0 Å². The summed E-state index contributed by atoms with van der Waals surface area (Å²) in [6.45, 7) is 0. The number of hydrogen-bond donors (Lipinski definition) is 0. The van der Waals surface area contributed by atoms with Gasteiger partial charge in [0.15, 0.2) is 0 Å². The molecule has 2 aromatic carbocycles. The molecule has 3 rings (SSSR count). The number of allylic oxidation sites excluding steroid dienone is 4. The summed E-state index contributed by atoms with van der Waals surface area (Å²) in [4.78, 5) is 1.31. The Labute approximate surface area is 125 Å². The van der Waals surface area contributed by atoms with E-state index >= 15 is 0 Å². The first-order valence-corrected chi connectivity index (χ1v) is 8.21. The molecule has 0 aliphatic heterocycles. The van der Waals surface area contributed by atoms with Crippen molar-refractivity contribution in [2.75, 3.05) is 6.26 Å². The molecule has 2 aromatic rings. The van der Waals surface area contributed by atoms with Gasteiger partial charge >= 0.3 is 0 Å². The smallest absolute Gasteiger partial charge is 0.00695 e. The van der Waals surface area contributed by atoms with Crippen molar-refractivity contribution in [2.24, 2.45) is 0 Å². The van der Waals surface area contributed by atoms with Crippen molar-refractivity contribution >= 4 is 17.3 Å². The van der Waals surface area contributed by atoms with Gasteiger partial charge in [-0.25, -0.2) is 0 Å². The SMILES string of the molecule is CSc1ccc(-c2ccc(C3=CCCC=C3)cc2)cc1. The molecule has 0 amide bonds. The maximum atomic E-state index is 2.32. The normalized spacial score (nSPS) is 14.2. The van der Waals surface area contributed by atoms with Crippen LogP contribution in [0.2, 0.25) is 0 Å². The first-order valence-electron chi connectivity index (χ1n) is 6.98. The summed E-state index contributed by atoms with van der Waals surface area (Å²) in [7, 11) is 0. The van der Waals surface area contributed by atoms with Gasteiger partial charge in [0.25, 0.3) is 0 Å². The van der Waals surface area contributed by atoms with E-state index in [9.17, 15) is 0 Å². The van der Waals surface area contributed by atoms with Crippen molar-refractivity contribution in [3.05, 3.63) is 72.3 Å². The molecule has 0 heterocycles. The first-order chi connectivity index (χ1) is 9.86. The molecule has 0 N–H and O–H groups in total. The second-order valence-corrected chi connectivity index (χ2v) is 5.82. The second kappa shape index (κ2) is 6.15. The van der Waals surface area contributed by atoms with E-state index in [-0.39, 0.29) is 0 Å². The Kier molecular flexibility index (Phi) is 4.08. The lowest BCUT2D eigenvalue weighted by Crippen LogP contribution is -1.86. The third-order valence-corrected chi connectivity index (χ3v) is 4.38. The summed E-state index contributed by atoms with van der Waals surface area (Å²) >= 11 is 1.78. The lowest BCUT2D eigenvalue weighted by atomic mass is 9.97. The lowest BCUT2D eigenvalue weighted by molar-refractivity contribution is 1.04. The van der Waals surface area contributed by atoms with Crippen LogP contribution in [-0.4, -0.2) is 6.26 Å². The fraction of sp³-hybridized carbons (Fsp3) is 0.158. The van der Waals surface area contributed by atoms with Crippen LogP contribution in [0.25, 0.3) is 16.7 Å². The van der Waals surface area contributed by atoms with E-state index in [4.69, 9.17) is 0 Å². The van der Waals surface area contributed by atoms with Crippen LogP contribution in [0.15, 0.2) is 71.7 Å². The minimum atomic E-state index is 1.16. The van der Waals surface area contributed by atoms with E-state index in [1.807, 2.05) is 0 Å². The molecule has 0 radical (unpaired) electrons. The van der Waals surface area contributed by atoms with Crippen molar-refractivity contribution in [3.8, 4) is 11.1 Å². The van der Waals surface area contributed by atoms with E-state index in [0.29, 0.717) is 0 Å². The van der Waals surface area contributed by atoms with E-state index in [1.54, 1.807) is 11.8 Å². The minimum absolute atomic E-state index is 1.16. The Bertz CT molecular complexity index is 630. The Balaban J connectivity index is 1.85. The molecule has 0 saturated carbocycles. The maximum Gasteiger partial charge on any atom is 0.00695 e. The summed E-state index contributed by atoms with van der Waals surface area (Å²) < 4.78 is 0. The van der Waals surface area contributed by atoms with Gasteiger partial charge in [0, 0.05) is 4.90 Å². The molecule has 0 aromatic heterocycles. The van der Waals surface area contributed by atoms with E-state index in [2.05, 4.69) is 73.0 Å². The summed E-state index contributed by atoms with van der Waals surface area (Å²) in [5.74, 6) is 0. The van der Waals surface area contributed by atoms with Crippen molar-refractivity contribution in [2.45, 2.75) is 17.7 Å². The van der Waals surface area contributed by atoms with Crippen LogP contribution in [0, 0.1) is 0 Å². The largest absolute Gasteiger partial charge is 0.130 e. The van der Waals surface area contributed by atoms with E-state index in [0.717, 1.165) is 6.42 Å². The molecule has 20 heavy (non-hydrogen) atoms. The monoisotopic (exact) mass is 278 g/mol. The molecule has 0 atom stereocenters. The lowest BCUT2D eigenvalue weighted by Gasteiger charge is -2.09. The van der Waals surface area contributed by atoms with Crippen LogP contribution >= 0.6 is 11.8 Å². The van der Waals surface area contributed by atoms with Crippen LogP contribution in [0.4, 0.5) is 0 Å². The van der Waals surface area contributed by atoms with Gasteiger partial charge in [-0.2, -0.15) is 0 Å². The molecule has 0 spiro atoms. The highest BCUT2D eigenvalue weighted by Gasteiger charge is 2.02. The van der Waals surface area contributed by atoms with Crippen molar-refractivity contribution in [3.63, 3.8) is 0 Å². The topological polar surface area (TPSA) is 0 Å². The molecule has 100 valence electrons. The maximum absolute atomic E-state index is 2.32. The summed E-state index contributed by atoms with van der Waals surface area (Å²) in [6.07, 6.45) is 11.2. The highest BCUT2D eigenvalue weighted by atomic mass is 32.2. The van der Waals surface area contributed by atoms with Crippen LogP contribution in [0.1, 0.15) is 18.4 Å². The molecule has 1 aliphatic rings. The average Bonchev–Trinajstić information content (AvgIpc) is 2.56. The average molecular weight is 278 g/mol. The molecule has 1 aliphatic carbocycles. The van der Waals surface area contributed by atoms with E-state index < -0.39 is 0 Å². The van der Waals surface area contributed by atoms with Gasteiger partial charge in [-0.1, -0.05) is 54.6 Å². The second-order valence-electron chi connectivity index (χ2n) is 4.95. The zero-order valence-corrected chi connectivity index (χ0v) is 12.5. The summed E-state index contributed by atoms with van der Waals surface area (Å²) in [5, 5.41) is 0. The van der Waals surface area contributed by atoms with Gasteiger partial charge in [0.2, 0.25) is 0 Å². The minimum Gasteiger partial charge on any atom is -0.130 e. The van der Waals surface area contributed by atoms with Gasteiger partial charge in [-0.15, -0.1) is 11.8 Å². The molecule has 1 heteroatoms. The van der Waals surface area contributed by atoms with Crippen molar-refractivity contribution in [1.29, 1.82) is 0 Å². The standard InChI is InChI=1S/C19H18S/c1-20-19-13-11-18(12-14-19)17-9-7-16(8-10-17)15-5-3-2-4-6-15/h3,5-14H,2,4H2,1H3. The molecule has 0 unspecified atom stereocenters. The fourth-order valence-corrected chi connectivity index (χ4v) is 2.87. The van der Waals surface area contributed by atoms with Crippen LogP contribution in [0.3, 0.4) is 0 Å². The Morgan fingerprint density at radius 3 is 1.90 bits per heavy atom. The number of benzene rings is 2. The Morgan fingerprint density at radius 2 is 1.35 bits per heavy atom. The van der Waals surface area contributed by atoms with Gasteiger partial charge in [0.1, 0.15) is 0 Å². The van der Waals surface area contributed by atoms with Gasteiger partial charge in [0.05, 0.1) is 0 Å². The molecular weight excluding hydrogens is 260 g/mol. The Morgan fingerprint density at radius 1 is 0.750 bits per heavy atom. The van der Waals surface area contributed by atoms with Gasteiger partial charge in [-0.3, -0.25) is 0 Å². The number of hydrogen-bond acceptors (Lipinski definition) is 1. The fourth-order valence-electron chi connectivity index (χ4n) is 2.47. The molecule has 0 nitrogen and oxygen atoms in total. The number of rotatable bonds is 3. The predicted molar refractivity (Wildman–Crippen MR) is 90.0 cm³/mol. The zero-order chi connectivity index (χ0) is 13.8. The third-order valence-electron chi connectivity index (χ3n) is 3.64. The third kappa shape index (κ3) is 2.88. The van der Waals surface area contributed by atoms with Crippen molar-refractivity contribution in [1.82, 2.24) is 0 Å². The Hall–Kier alpha value is -1.73. The molecule has 0 bridgehead atoms. The highest BCUT2D eigenvalue weighted by molar-refractivity contribution is 7.98. The van der Waals surface area contributed by atoms with E-state index in [1.165, 1.54) is 33.6 Å². The first kappa shape index (κ1) is 13.3. The highest BCUT2D eigenvalue weighted by Crippen LogP contribution is 2.26. The molecule has 0 fully saturated rings. The molecular formula is C19H18S. The quantitative estimate of drug-likeness (QED) is 0.638.